The highest BCUT2D eigenvalue weighted by Gasteiger charge is 1.99. The van der Waals surface area contributed by atoms with Crippen molar-refractivity contribution in [1.29, 1.82) is 0 Å². The van der Waals surface area contributed by atoms with E-state index in [4.69, 9.17) is 5.73 Å². The summed E-state index contributed by atoms with van der Waals surface area (Å²) in [5.41, 5.74) is 7.51. The van der Waals surface area contributed by atoms with E-state index in [0.29, 0.717) is 6.54 Å². The maximum absolute atomic E-state index is 5.47. The van der Waals surface area contributed by atoms with Crippen molar-refractivity contribution >= 4 is 15.9 Å². The molecule has 0 radical (unpaired) electrons. The number of hydrogen-bond acceptors (Lipinski definition) is 3. The third-order valence-corrected chi connectivity index (χ3v) is 2.69. The van der Waals surface area contributed by atoms with Gasteiger partial charge in [-0.05, 0) is 34.6 Å². The second-order valence-corrected chi connectivity index (χ2v) is 4.46. The lowest BCUT2D eigenvalue weighted by Gasteiger charge is -2.01. The van der Waals surface area contributed by atoms with Gasteiger partial charge in [0.15, 0.2) is 0 Å². The number of nitrogens with two attached hydrogens (primary N) is 1. The molecule has 0 bridgehead atoms. The molecular formula is C11H13BrN4. The van der Waals surface area contributed by atoms with Gasteiger partial charge in [-0.15, -0.1) is 0 Å². The summed E-state index contributed by atoms with van der Waals surface area (Å²) < 4.78 is 3.01. The Hall–Kier alpha value is -1.20. The average molecular weight is 281 g/mol. The van der Waals surface area contributed by atoms with Gasteiger partial charge in [-0.25, -0.2) is 4.98 Å². The quantitative estimate of drug-likeness (QED) is 0.926. The molecule has 0 fully saturated rings. The lowest BCUT2D eigenvalue weighted by Crippen LogP contribution is -2.03. The second kappa shape index (κ2) is 5.23. The molecule has 0 spiro atoms. The Morgan fingerprint density at radius 2 is 2.12 bits per heavy atom. The predicted molar refractivity (Wildman–Crippen MR) is 66.0 cm³/mol. The van der Waals surface area contributed by atoms with Crippen LogP contribution in [0.25, 0.3) is 0 Å². The zero-order valence-corrected chi connectivity index (χ0v) is 10.4. The molecule has 2 aromatic rings. The fourth-order valence-electron chi connectivity index (χ4n) is 1.46. The minimum atomic E-state index is 0.632. The van der Waals surface area contributed by atoms with Crippen LogP contribution in [0.3, 0.4) is 0 Å². The molecule has 4 nitrogen and oxygen atoms in total. The van der Waals surface area contributed by atoms with Crippen LogP contribution < -0.4 is 5.73 Å². The summed E-state index contributed by atoms with van der Waals surface area (Å²) in [5.74, 6) is 0. The van der Waals surface area contributed by atoms with Crippen LogP contribution in [0.4, 0.5) is 0 Å². The largest absolute Gasteiger partial charge is 0.331 e. The van der Waals surface area contributed by atoms with E-state index in [0.717, 1.165) is 28.8 Å². The van der Waals surface area contributed by atoms with E-state index in [-0.39, 0.29) is 0 Å². The van der Waals surface area contributed by atoms with Gasteiger partial charge in [0.1, 0.15) is 0 Å². The molecule has 16 heavy (non-hydrogen) atoms. The standard InChI is InChI=1S/C11H13BrN4/c12-9-1-2-10(14-5-9)6-16-7-11(3-4-13)15-8-16/h1-2,5,7-8H,3-4,6,13H2. The minimum Gasteiger partial charge on any atom is -0.331 e. The molecule has 0 aliphatic rings. The average Bonchev–Trinajstić information content (AvgIpc) is 2.70. The molecule has 2 aromatic heterocycles. The van der Waals surface area contributed by atoms with E-state index in [9.17, 15) is 0 Å². The summed E-state index contributed by atoms with van der Waals surface area (Å²) in [7, 11) is 0. The number of hydrogen-bond donors (Lipinski definition) is 1. The van der Waals surface area contributed by atoms with Crippen molar-refractivity contribution < 1.29 is 0 Å². The SMILES string of the molecule is NCCc1cn(Cc2ccc(Br)cn2)cn1. The molecule has 0 unspecified atom stereocenters. The van der Waals surface area contributed by atoms with Crippen LogP contribution in [-0.2, 0) is 13.0 Å². The Bertz CT molecular complexity index is 449. The first kappa shape index (κ1) is 11.3. The van der Waals surface area contributed by atoms with Crippen LogP contribution in [-0.4, -0.2) is 21.1 Å². The van der Waals surface area contributed by atoms with Crippen molar-refractivity contribution in [3.8, 4) is 0 Å². The molecule has 2 heterocycles. The van der Waals surface area contributed by atoms with Crippen LogP contribution in [0.5, 0.6) is 0 Å². The van der Waals surface area contributed by atoms with Gasteiger partial charge in [0, 0.05) is 23.3 Å². The fourth-order valence-corrected chi connectivity index (χ4v) is 1.69. The van der Waals surface area contributed by atoms with Gasteiger partial charge < -0.3 is 10.3 Å². The molecule has 2 rings (SSSR count). The molecule has 2 N–H and O–H groups in total. The third-order valence-electron chi connectivity index (χ3n) is 2.22. The van der Waals surface area contributed by atoms with Crippen molar-refractivity contribution in [3.05, 3.63) is 46.7 Å². The normalized spacial score (nSPS) is 10.6. The molecule has 0 amide bonds. The van der Waals surface area contributed by atoms with Crippen molar-refractivity contribution in [2.45, 2.75) is 13.0 Å². The molecule has 0 aliphatic carbocycles. The smallest absolute Gasteiger partial charge is 0.0953 e. The van der Waals surface area contributed by atoms with Gasteiger partial charge in [0.05, 0.1) is 24.3 Å². The van der Waals surface area contributed by atoms with E-state index in [1.807, 2.05) is 29.2 Å². The van der Waals surface area contributed by atoms with Gasteiger partial charge in [-0.1, -0.05) is 0 Å². The topological polar surface area (TPSA) is 56.7 Å². The highest BCUT2D eigenvalue weighted by Crippen LogP contribution is 2.08. The van der Waals surface area contributed by atoms with Gasteiger partial charge in [-0.3, -0.25) is 4.98 Å². The molecule has 84 valence electrons. The summed E-state index contributed by atoms with van der Waals surface area (Å²) in [6.07, 6.45) is 6.44. The maximum atomic E-state index is 5.47. The minimum absolute atomic E-state index is 0.632. The third kappa shape index (κ3) is 2.90. The summed E-state index contributed by atoms with van der Waals surface area (Å²) in [6.45, 7) is 1.37. The number of pyridine rings is 1. The summed E-state index contributed by atoms with van der Waals surface area (Å²) >= 11 is 3.36. The highest BCUT2D eigenvalue weighted by molar-refractivity contribution is 9.10. The van der Waals surface area contributed by atoms with Crippen molar-refractivity contribution in [2.24, 2.45) is 5.73 Å². The molecule has 5 heteroatoms. The molecule has 0 atom stereocenters. The van der Waals surface area contributed by atoms with Crippen LogP contribution >= 0.6 is 15.9 Å². The first-order valence-electron chi connectivity index (χ1n) is 5.09. The van der Waals surface area contributed by atoms with Crippen molar-refractivity contribution in [3.63, 3.8) is 0 Å². The van der Waals surface area contributed by atoms with Crippen molar-refractivity contribution in [2.75, 3.05) is 6.54 Å². The highest BCUT2D eigenvalue weighted by atomic mass is 79.9. The van der Waals surface area contributed by atoms with Crippen LogP contribution in [0.15, 0.2) is 35.3 Å². The number of halogens is 1. The van der Waals surface area contributed by atoms with Crippen molar-refractivity contribution in [1.82, 2.24) is 14.5 Å². The Kier molecular flexibility index (Phi) is 3.69. The molecule has 0 saturated carbocycles. The van der Waals surface area contributed by atoms with Gasteiger partial charge in [0.2, 0.25) is 0 Å². The van der Waals surface area contributed by atoms with Crippen LogP contribution in [0.2, 0.25) is 0 Å². The summed E-state index contributed by atoms with van der Waals surface area (Å²) in [5, 5.41) is 0. The Labute approximate surface area is 103 Å². The zero-order valence-electron chi connectivity index (χ0n) is 8.81. The maximum Gasteiger partial charge on any atom is 0.0953 e. The zero-order chi connectivity index (χ0) is 11.4. The Morgan fingerprint density at radius 3 is 2.81 bits per heavy atom. The van der Waals surface area contributed by atoms with Gasteiger partial charge >= 0.3 is 0 Å². The van der Waals surface area contributed by atoms with Gasteiger partial charge in [-0.2, -0.15) is 0 Å². The number of rotatable bonds is 4. The van der Waals surface area contributed by atoms with E-state index >= 15 is 0 Å². The lowest BCUT2D eigenvalue weighted by molar-refractivity contribution is 0.771. The predicted octanol–water partition coefficient (Wildman–Crippen LogP) is 1.59. The van der Waals surface area contributed by atoms with E-state index in [1.165, 1.54) is 0 Å². The Morgan fingerprint density at radius 1 is 1.25 bits per heavy atom. The van der Waals surface area contributed by atoms with Crippen LogP contribution in [0.1, 0.15) is 11.4 Å². The number of nitrogens with zero attached hydrogens (tertiary/aromatic N) is 3. The number of aromatic nitrogens is 3. The molecule has 0 aromatic carbocycles. The summed E-state index contributed by atoms with van der Waals surface area (Å²) in [6, 6.07) is 3.98. The van der Waals surface area contributed by atoms with E-state index < -0.39 is 0 Å². The van der Waals surface area contributed by atoms with Crippen LogP contribution in [0, 0.1) is 0 Å². The lowest BCUT2D eigenvalue weighted by atomic mass is 10.3. The first-order chi connectivity index (χ1) is 7.78. The van der Waals surface area contributed by atoms with E-state index in [2.05, 4.69) is 25.9 Å². The summed E-state index contributed by atoms with van der Waals surface area (Å²) in [4.78, 5) is 8.57. The molecular weight excluding hydrogens is 268 g/mol. The number of imidazole rings is 1. The Balaban J connectivity index is 2.05. The first-order valence-corrected chi connectivity index (χ1v) is 5.88. The van der Waals surface area contributed by atoms with E-state index in [1.54, 1.807) is 6.20 Å². The second-order valence-electron chi connectivity index (χ2n) is 3.54. The fraction of sp³-hybridized carbons (Fsp3) is 0.273. The molecule has 0 aliphatic heterocycles. The van der Waals surface area contributed by atoms with Gasteiger partial charge in [0.25, 0.3) is 0 Å². The molecule has 0 saturated heterocycles. The monoisotopic (exact) mass is 280 g/mol.